The van der Waals surface area contributed by atoms with Gasteiger partial charge in [0.25, 0.3) is 0 Å². The van der Waals surface area contributed by atoms with E-state index in [1.807, 2.05) is 42.7 Å². The summed E-state index contributed by atoms with van der Waals surface area (Å²) < 4.78 is 0.926. The number of ketones is 1. The van der Waals surface area contributed by atoms with Gasteiger partial charge in [-0.25, -0.2) is 0 Å². The van der Waals surface area contributed by atoms with E-state index in [-0.39, 0.29) is 24.5 Å². The Morgan fingerprint density at radius 3 is 2.23 bits per heavy atom. The highest BCUT2D eigenvalue weighted by atomic mass is 79.9. The van der Waals surface area contributed by atoms with Gasteiger partial charge >= 0.3 is 0 Å². The third-order valence-electron chi connectivity index (χ3n) is 3.12. The van der Waals surface area contributed by atoms with Gasteiger partial charge in [0, 0.05) is 33.5 Å². The van der Waals surface area contributed by atoms with Gasteiger partial charge in [0.1, 0.15) is 0 Å². The monoisotopic (exact) mass is 377 g/mol. The highest BCUT2D eigenvalue weighted by molar-refractivity contribution is 9.10. The van der Waals surface area contributed by atoms with Crippen molar-refractivity contribution in [3.63, 3.8) is 0 Å². The lowest BCUT2D eigenvalue weighted by Gasteiger charge is -2.06. The molecule has 2 rings (SSSR count). The Labute approximate surface area is 142 Å². The second-order valence-electron chi connectivity index (χ2n) is 4.71. The molecule has 1 amide bonds. The average molecular weight is 378 g/mol. The Morgan fingerprint density at radius 1 is 1.00 bits per heavy atom. The second kappa shape index (κ2) is 8.15. The summed E-state index contributed by atoms with van der Waals surface area (Å²) in [5.41, 5.74) is 1.37. The number of benzene rings is 2. The number of rotatable bonds is 6. The van der Waals surface area contributed by atoms with Crippen molar-refractivity contribution in [2.45, 2.75) is 17.7 Å². The van der Waals surface area contributed by atoms with Crippen LogP contribution in [0.4, 0.5) is 5.69 Å². The van der Waals surface area contributed by atoms with Crippen molar-refractivity contribution in [2.24, 2.45) is 0 Å². The lowest BCUT2D eigenvalue weighted by molar-refractivity contribution is -0.116. The van der Waals surface area contributed by atoms with Crippen LogP contribution in [0, 0.1) is 0 Å². The molecule has 0 fully saturated rings. The summed E-state index contributed by atoms with van der Waals surface area (Å²) in [5, 5.41) is 2.80. The molecule has 0 aliphatic carbocycles. The van der Waals surface area contributed by atoms with Crippen LogP contribution >= 0.6 is 27.7 Å². The highest BCUT2D eigenvalue weighted by Crippen LogP contribution is 2.18. The van der Waals surface area contributed by atoms with E-state index in [1.165, 1.54) is 0 Å². The molecule has 0 saturated carbocycles. The maximum atomic E-state index is 12.0. The van der Waals surface area contributed by atoms with Gasteiger partial charge < -0.3 is 5.32 Å². The van der Waals surface area contributed by atoms with Crippen LogP contribution in [0.1, 0.15) is 23.2 Å². The van der Waals surface area contributed by atoms with Gasteiger partial charge in [-0.3, -0.25) is 9.59 Å². The minimum atomic E-state index is -0.151. The molecule has 1 N–H and O–H groups in total. The van der Waals surface area contributed by atoms with E-state index in [4.69, 9.17) is 0 Å². The topological polar surface area (TPSA) is 46.2 Å². The number of hydrogen-bond donors (Lipinski definition) is 1. The number of hydrogen-bond acceptors (Lipinski definition) is 3. The molecule has 5 heteroatoms. The summed E-state index contributed by atoms with van der Waals surface area (Å²) in [6, 6.07) is 14.8. The zero-order valence-electron chi connectivity index (χ0n) is 12.1. The van der Waals surface area contributed by atoms with Crippen molar-refractivity contribution in [2.75, 3.05) is 11.6 Å². The second-order valence-corrected chi connectivity index (χ2v) is 6.50. The Kier molecular flexibility index (Phi) is 6.21. The standard InChI is InChI=1S/C17H16BrNO2S/c1-22-15-8-6-14(7-9-15)19-17(21)11-10-16(20)12-2-4-13(18)5-3-12/h2-9H,10-11H2,1H3,(H,19,21). The molecular formula is C17H16BrNO2S. The molecule has 3 nitrogen and oxygen atoms in total. The number of nitrogens with one attached hydrogen (secondary N) is 1. The SMILES string of the molecule is CSc1ccc(NC(=O)CCC(=O)c2ccc(Br)cc2)cc1. The molecule has 114 valence electrons. The molecule has 0 spiro atoms. The van der Waals surface area contributed by atoms with Gasteiger partial charge in [-0.2, -0.15) is 0 Å². The maximum absolute atomic E-state index is 12.0. The minimum absolute atomic E-state index is 0.0274. The largest absolute Gasteiger partial charge is 0.326 e. The highest BCUT2D eigenvalue weighted by Gasteiger charge is 2.09. The van der Waals surface area contributed by atoms with E-state index in [0.717, 1.165) is 15.1 Å². The third kappa shape index (κ3) is 5.00. The van der Waals surface area contributed by atoms with Crippen LogP contribution in [-0.2, 0) is 4.79 Å². The van der Waals surface area contributed by atoms with Gasteiger partial charge in [0.05, 0.1) is 0 Å². The first-order valence-corrected chi connectivity index (χ1v) is 8.83. The van der Waals surface area contributed by atoms with E-state index < -0.39 is 0 Å². The first kappa shape index (κ1) is 16.8. The molecule has 0 radical (unpaired) electrons. The Bertz CT molecular complexity index is 653. The van der Waals surface area contributed by atoms with E-state index in [2.05, 4.69) is 21.2 Å². The van der Waals surface area contributed by atoms with E-state index in [9.17, 15) is 9.59 Å². The Balaban J connectivity index is 1.84. The normalized spacial score (nSPS) is 10.3. The lowest BCUT2D eigenvalue weighted by Crippen LogP contribution is -2.13. The van der Waals surface area contributed by atoms with Crippen molar-refractivity contribution in [1.82, 2.24) is 0 Å². The van der Waals surface area contributed by atoms with Crippen molar-refractivity contribution in [3.05, 3.63) is 58.6 Å². The van der Waals surface area contributed by atoms with Gasteiger partial charge in [-0.15, -0.1) is 11.8 Å². The summed E-state index contributed by atoms with van der Waals surface area (Å²) in [7, 11) is 0. The third-order valence-corrected chi connectivity index (χ3v) is 4.39. The van der Waals surface area contributed by atoms with Crippen LogP contribution < -0.4 is 5.32 Å². The summed E-state index contributed by atoms with van der Waals surface area (Å²) >= 11 is 4.98. The van der Waals surface area contributed by atoms with Crippen molar-refractivity contribution in [1.29, 1.82) is 0 Å². The molecule has 22 heavy (non-hydrogen) atoms. The van der Waals surface area contributed by atoms with Gasteiger partial charge in [0.15, 0.2) is 5.78 Å². The quantitative estimate of drug-likeness (QED) is 0.582. The molecule has 0 heterocycles. The van der Waals surface area contributed by atoms with Crippen molar-refractivity contribution in [3.8, 4) is 0 Å². The number of carbonyl (C=O) groups is 2. The number of Topliss-reactive ketones (excluding diaryl/α,β-unsaturated/α-hetero) is 1. The molecule has 0 bridgehead atoms. The van der Waals surface area contributed by atoms with Gasteiger partial charge in [-0.1, -0.05) is 28.1 Å². The first-order chi connectivity index (χ1) is 10.6. The predicted octanol–water partition coefficient (Wildman–Crippen LogP) is 4.77. The molecular weight excluding hydrogens is 362 g/mol. The number of carbonyl (C=O) groups excluding carboxylic acids is 2. The molecule has 0 aromatic heterocycles. The van der Waals surface area contributed by atoms with Crippen molar-refractivity contribution >= 4 is 45.1 Å². The number of halogens is 1. The summed E-state index contributed by atoms with van der Waals surface area (Å²) in [6.45, 7) is 0. The first-order valence-electron chi connectivity index (χ1n) is 6.81. The van der Waals surface area contributed by atoms with Crippen molar-refractivity contribution < 1.29 is 9.59 Å². The fourth-order valence-electron chi connectivity index (χ4n) is 1.91. The molecule has 2 aromatic rings. The smallest absolute Gasteiger partial charge is 0.224 e. The fraction of sp³-hybridized carbons (Fsp3) is 0.176. The van der Waals surface area contributed by atoms with Crippen LogP contribution in [0.3, 0.4) is 0 Å². The summed E-state index contributed by atoms with van der Waals surface area (Å²) in [6.07, 6.45) is 2.39. The molecule has 0 unspecified atom stereocenters. The number of anilines is 1. The molecule has 0 saturated heterocycles. The average Bonchev–Trinajstić information content (AvgIpc) is 2.54. The van der Waals surface area contributed by atoms with E-state index in [1.54, 1.807) is 23.9 Å². The summed E-state index contributed by atoms with van der Waals surface area (Å²) in [4.78, 5) is 25.0. The number of amides is 1. The zero-order chi connectivity index (χ0) is 15.9. The minimum Gasteiger partial charge on any atom is -0.326 e. The van der Waals surface area contributed by atoms with Crippen LogP contribution in [0.5, 0.6) is 0 Å². The van der Waals surface area contributed by atoms with Crippen LogP contribution in [-0.4, -0.2) is 17.9 Å². The molecule has 0 atom stereocenters. The maximum Gasteiger partial charge on any atom is 0.224 e. The van der Waals surface area contributed by atoms with Gasteiger partial charge in [0.2, 0.25) is 5.91 Å². The predicted molar refractivity (Wildman–Crippen MR) is 94.6 cm³/mol. The van der Waals surface area contributed by atoms with Crippen LogP contribution in [0.2, 0.25) is 0 Å². The van der Waals surface area contributed by atoms with E-state index >= 15 is 0 Å². The fourth-order valence-corrected chi connectivity index (χ4v) is 2.58. The van der Waals surface area contributed by atoms with Crippen LogP contribution in [0.15, 0.2) is 57.9 Å². The Hall–Kier alpha value is -1.59. The van der Waals surface area contributed by atoms with E-state index in [0.29, 0.717) is 5.56 Å². The molecule has 2 aromatic carbocycles. The molecule has 0 aliphatic rings. The Morgan fingerprint density at radius 2 is 1.64 bits per heavy atom. The molecule has 0 aliphatic heterocycles. The van der Waals surface area contributed by atoms with Crippen LogP contribution in [0.25, 0.3) is 0 Å². The van der Waals surface area contributed by atoms with Gasteiger partial charge in [-0.05, 0) is 42.7 Å². The summed E-state index contributed by atoms with van der Waals surface area (Å²) in [5.74, 6) is -0.178. The number of thioether (sulfide) groups is 1. The lowest BCUT2D eigenvalue weighted by atomic mass is 10.1. The zero-order valence-corrected chi connectivity index (χ0v) is 14.5.